The van der Waals surface area contributed by atoms with Gasteiger partial charge in [-0.15, -0.1) is 0 Å². The smallest absolute Gasteiger partial charge is 0.345 e. The van der Waals surface area contributed by atoms with Crippen molar-refractivity contribution in [1.82, 2.24) is 4.98 Å². The van der Waals surface area contributed by atoms with Crippen molar-refractivity contribution in [3.63, 3.8) is 0 Å². The quantitative estimate of drug-likeness (QED) is 0.141. The van der Waals surface area contributed by atoms with E-state index in [1.54, 1.807) is 44.8 Å². The maximum atomic E-state index is 13.8. The van der Waals surface area contributed by atoms with Crippen LogP contribution in [0.1, 0.15) is 87.8 Å². The number of carbonyl (C=O) groups is 1. The van der Waals surface area contributed by atoms with Crippen molar-refractivity contribution in [2.24, 2.45) is 23.2 Å². The van der Waals surface area contributed by atoms with Gasteiger partial charge in [0.15, 0.2) is 6.29 Å². The first-order chi connectivity index (χ1) is 25.5. The van der Waals surface area contributed by atoms with Crippen LogP contribution in [-0.2, 0) is 14.2 Å². The van der Waals surface area contributed by atoms with Gasteiger partial charge in [0.05, 0.1) is 24.9 Å². The average molecular weight is 730 g/mol. The molecule has 3 aliphatic rings. The Morgan fingerprint density at radius 2 is 1.79 bits per heavy atom. The topological polar surface area (TPSA) is 127 Å². The first kappa shape index (κ1) is 38.2. The van der Waals surface area contributed by atoms with Gasteiger partial charge >= 0.3 is 11.6 Å². The summed E-state index contributed by atoms with van der Waals surface area (Å²) in [6.07, 6.45) is 1.66. The molecule has 3 heterocycles. The highest BCUT2D eigenvalue weighted by molar-refractivity contribution is 5.89. The number of aliphatic hydroxyl groups is 1. The van der Waals surface area contributed by atoms with Crippen LogP contribution in [0.15, 0.2) is 88.3 Å². The zero-order chi connectivity index (χ0) is 38.1. The fourth-order valence-electron chi connectivity index (χ4n) is 9.06. The molecule has 53 heavy (non-hydrogen) atoms. The molecule has 2 fully saturated rings. The highest BCUT2D eigenvalue weighted by Crippen LogP contribution is 2.65. The molecule has 9 atom stereocenters. The Morgan fingerprint density at radius 3 is 2.47 bits per heavy atom. The van der Waals surface area contributed by atoms with Crippen molar-refractivity contribution < 1.29 is 42.4 Å². The van der Waals surface area contributed by atoms with Gasteiger partial charge in [-0.05, 0) is 85.9 Å². The van der Waals surface area contributed by atoms with Crippen LogP contribution in [0.2, 0.25) is 0 Å². The van der Waals surface area contributed by atoms with E-state index in [0.29, 0.717) is 30.6 Å². The number of benzene rings is 2. The van der Waals surface area contributed by atoms with Gasteiger partial charge in [-0.25, -0.2) is 14.0 Å². The molecule has 0 bridgehead atoms. The molecular weight excluding hydrogens is 681 g/mol. The maximum absolute atomic E-state index is 13.8. The van der Waals surface area contributed by atoms with Crippen LogP contribution in [-0.4, -0.2) is 48.1 Å². The van der Waals surface area contributed by atoms with Gasteiger partial charge in [-0.2, -0.15) is 0 Å². The number of esters is 1. The fourth-order valence-corrected chi connectivity index (χ4v) is 9.06. The first-order valence-electron chi connectivity index (χ1n) is 18.2. The third-order valence-electron chi connectivity index (χ3n) is 11.5. The van der Waals surface area contributed by atoms with Crippen molar-refractivity contribution in [3.8, 4) is 22.8 Å². The summed E-state index contributed by atoms with van der Waals surface area (Å²) in [6, 6.07) is 17.8. The Bertz CT molecular complexity index is 1950. The van der Waals surface area contributed by atoms with Crippen LogP contribution >= 0.6 is 0 Å². The van der Waals surface area contributed by atoms with Gasteiger partial charge in [0.2, 0.25) is 0 Å². The van der Waals surface area contributed by atoms with E-state index < -0.39 is 52.8 Å². The summed E-state index contributed by atoms with van der Waals surface area (Å²) in [7, 11) is 3.19. The van der Waals surface area contributed by atoms with Crippen LogP contribution in [0.5, 0.6) is 11.5 Å². The second-order valence-electron chi connectivity index (χ2n) is 14.3. The van der Waals surface area contributed by atoms with Gasteiger partial charge in [0.25, 0.3) is 0 Å². The minimum Gasteiger partial charge on any atom is -0.496 e. The summed E-state index contributed by atoms with van der Waals surface area (Å²) >= 11 is 0. The SMILES string of the molecule is CC.COc1ccccc1C(OC)OC1CCC2(C)C(CC(OC(=O)c3ccc(F)cc3)C3(C)Oc4cc(-c5cccnc5)oc(=O)c4C(O)C23)C1C. The third-order valence-corrected chi connectivity index (χ3v) is 11.5. The largest absolute Gasteiger partial charge is 0.496 e. The van der Waals surface area contributed by atoms with E-state index in [1.807, 2.05) is 45.0 Å². The zero-order valence-electron chi connectivity index (χ0n) is 31.2. The highest BCUT2D eigenvalue weighted by atomic mass is 19.1. The standard InChI is InChI=1S/C40H42FNO9.C2H6/c1-22-27-19-32(50-36(44)23-12-14-25(41)15-13-23)40(3)35(34(43)33-31(51-40)20-30(48-37(33)45)24-9-8-18-42-21-24)39(27,2)17-16-28(22)49-38(47-5)26-10-6-7-11-29(26)46-4;1-2/h6-15,18,20-22,27-28,32,34-35,38,43H,16-17,19H2,1-5H3;1-2H3. The molecule has 2 aromatic carbocycles. The molecule has 9 unspecified atom stereocenters. The van der Waals surface area contributed by atoms with Crippen molar-refractivity contribution in [3.05, 3.63) is 112 Å². The molecule has 0 radical (unpaired) electrons. The van der Waals surface area contributed by atoms with Gasteiger partial charge in [-0.3, -0.25) is 4.98 Å². The van der Waals surface area contributed by atoms with Crippen molar-refractivity contribution in [2.45, 2.75) is 84.1 Å². The molecular formula is C42H48FNO9. The number of hydrogen-bond acceptors (Lipinski definition) is 10. The lowest BCUT2D eigenvalue weighted by molar-refractivity contribution is -0.258. The monoisotopic (exact) mass is 729 g/mol. The molecule has 2 saturated carbocycles. The molecule has 0 amide bonds. The molecule has 10 nitrogen and oxygen atoms in total. The van der Waals surface area contributed by atoms with E-state index in [2.05, 4.69) is 18.8 Å². The number of ether oxygens (including phenoxy) is 5. The van der Waals surface area contributed by atoms with Gasteiger partial charge in [0, 0.05) is 42.6 Å². The molecule has 1 N–H and O–H groups in total. The number of rotatable bonds is 8. The number of hydrogen-bond donors (Lipinski definition) is 1. The number of fused-ring (bicyclic) bond motifs is 4. The van der Waals surface area contributed by atoms with E-state index in [4.69, 9.17) is 28.1 Å². The molecule has 0 saturated heterocycles. The second-order valence-corrected chi connectivity index (χ2v) is 14.3. The Labute approximate surface area is 309 Å². The Hall–Kier alpha value is -4.58. The summed E-state index contributed by atoms with van der Waals surface area (Å²) in [6.45, 7) is 10.0. The van der Waals surface area contributed by atoms with Crippen LogP contribution < -0.4 is 15.1 Å². The minimum atomic E-state index is -1.30. The van der Waals surface area contributed by atoms with Crippen LogP contribution in [0.4, 0.5) is 4.39 Å². The number of aromatic nitrogens is 1. The number of carbonyl (C=O) groups excluding carboxylic acids is 1. The highest BCUT2D eigenvalue weighted by Gasteiger charge is 2.68. The molecule has 1 aliphatic heterocycles. The van der Waals surface area contributed by atoms with Gasteiger partial charge in [-0.1, -0.05) is 45.9 Å². The summed E-state index contributed by atoms with van der Waals surface area (Å²) < 4.78 is 50.7. The van der Waals surface area contributed by atoms with Gasteiger partial charge < -0.3 is 33.2 Å². The number of nitrogens with zero attached hydrogens (tertiary/aromatic N) is 1. The Morgan fingerprint density at radius 1 is 1.06 bits per heavy atom. The molecule has 11 heteroatoms. The molecule has 2 aliphatic carbocycles. The number of para-hydroxylation sites is 1. The van der Waals surface area contributed by atoms with E-state index in [1.165, 1.54) is 24.3 Å². The zero-order valence-corrected chi connectivity index (χ0v) is 31.2. The summed E-state index contributed by atoms with van der Waals surface area (Å²) in [5.41, 5.74) is -1.05. The van der Waals surface area contributed by atoms with Crippen molar-refractivity contribution >= 4 is 5.97 Å². The first-order valence-corrected chi connectivity index (χ1v) is 18.2. The number of aliphatic hydroxyl groups excluding tert-OH is 1. The summed E-state index contributed by atoms with van der Waals surface area (Å²) in [5.74, 6) is -1.04. The predicted octanol–water partition coefficient (Wildman–Crippen LogP) is 8.09. The molecule has 282 valence electrons. The maximum Gasteiger partial charge on any atom is 0.345 e. The lowest BCUT2D eigenvalue weighted by Gasteiger charge is -2.64. The normalized spacial score (nSPS) is 29.2. The Balaban J connectivity index is 0.00000236. The lowest BCUT2D eigenvalue weighted by Crippen LogP contribution is -2.69. The number of halogens is 1. The molecule has 4 aromatic rings. The molecule has 2 aromatic heterocycles. The van der Waals surface area contributed by atoms with E-state index in [-0.39, 0.29) is 40.6 Å². The van der Waals surface area contributed by atoms with Crippen LogP contribution in [0, 0.1) is 29.0 Å². The van der Waals surface area contributed by atoms with Gasteiger partial charge in [0.1, 0.15) is 40.3 Å². The molecule has 0 spiro atoms. The average Bonchev–Trinajstić information content (AvgIpc) is 3.16. The summed E-state index contributed by atoms with van der Waals surface area (Å²) in [4.78, 5) is 31.4. The molecule has 7 rings (SSSR count). The van der Waals surface area contributed by atoms with E-state index >= 15 is 0 Å². The second kappa shape index (κ2) is 15.4. The predicted molar refractivity (Wildman–Crippen MR) is 195 cm³/mol. The van der Waals surface area contributed by atoms with E-state index in [9.17, 15) is 19.1 Å². The van der Waals surface area contributed by atoms with Crippen LogP contribution in [0.25, 0.3) is 11.3 Å². The number of pyridine rings is 1. The van der Waals surface area contributed by atoms with Crippen molar-refractivity contribution in [1.29, 1.82) is 0 Å². The van der Waals surface area contributed by atoms with Crippen LogP contribution in [0.3, 0.4) is 0 Å². The van der Waals surface area contributed by atoms with E-state index in [0.717, 1.165) is 5.56 Å². The van der Waals surface area contributed by atoms with Crippen molar-refractivity contribution in [2.75, 3.05) is 14.2 Å². The Kier molecular flexibility index (Phi) is 11.1. The summed E-state index contributed by atoms with van der Waals surface area (Å²) in [5, 5.41) is 12.3. The number of methoxy groups -OCH3 is 2. The third kappa shape index (κ3) is 6.86. The minimum absolute atomic E-state index is 0.0252. The lowest BCUT2D eigenvalue weighted by atomic mass is 9.46. The fraction of sp³-hybridized carbons (Fsp3) is 0.452.